The number of hydrogen-bond acceptors (Lipinski definition) is 4. The fourth-order valence-corrected chi connectivity index (χ4v) is 2.64. The molecule has 6 nitrogen and oxygen atoms in total. The van der Waals surface area contributed by atoms with Gasteiger partial charge in [-0.3, -0.25) is 10.3 Å². The number of aryl methyl sites for hydroxylation is 1. The summed E-state index contributed by atoms with van der Waals surface area (Å²) in [6.07, 6.45) is 5.36. The van der Waals surface area contributed by atoms with Crippen LogP contribution in [0.5, 0.6) is 0 Å². The third-order valence-electron chi connectivity index (χ3n) is 3.87. The molecule has 0 bridgehead atoms. The van der Waals surface area contributed by atoms with Gasteiger partial charge in [0.1, 0.15) is 5.82 Å². The van der Waals surface area contributed by atoms with E-state index < -0.39 is 0 Å². The monoisotopic (exact) mass is 371 g/mol. The first-order chi connectivity index (χ1) is 12.2. The summed E-state index contributed by atoms with van der Waals surface area (Å²) in [6, 6.07) is 9.77. The number of pyridine rings is 2. The van der Waals surface area contributed by atoms with Crippen molar-refractivity contribution in [3.63, 3.8) is 0 Å². The number of amides is 2. The van der Waals surface area contributed by atoms with Crippen molar-refractivity contribution in [2.24, 2.45) is 0 Å². The molecular weight excluding hydrogens is 350 g/mol. The van der Waals surface area contributed by atoms with E-state index in [1.807, 2.05) is 25.1 Å². The molecule has 2 heterocycles. The lowest BCUT2D eigenvalue weighted by Crippen LogP contribution is -2.28. The van der Waals surface area contributed by atoms with Gasteiger partial charge in [0.15, 0.2) is 0 Å². The lowest BCUT2D eigenvalue weighted by molar-refractivity contribution is 0.252. The number of anilines is 2. The Bertz CT molecular complexity index is 886. The fourth-order valence-electron chi connectivity index (χ4n) is 2.64. The second-order valence-corrected chi connectivity index (χ2v) is 5.78. The second-order valence-electron chi connectivity index (χ2n) is 5.78. The second kappa shape index (κ2) is 9.01. The van der Waals surface area contributed by atoms with E-state index >= 15 is 0 Å². The van der Waals surface area contributed by atoms with Crippen LogP contribution in [-0.4, -0.2) is 22.5 Å². The first-order valence-electron chi connectivity index (χ1n) is 8.23. The summed E-state index contributed by atoms with van der Waals surface area (Å²) in [5.74, 6) is 0.532. The molecule has 3 rings (SSSR count). The standard InChI is InChI=1S/C19H21N5O.ClH/c1-3-21-19(25)24-18-10-15-9-16(8-13(2)17(15)12-23-18)22-11-14-4-6-20-7-5-14;/h4-10,12,22H,3,11H2,1-2H3,(H2,21,23,24,25);1H. The summed E-state index contributed by atoms with van der Waals surface area (Å²) < 4.78 is 0. The Hall–Kier alpha value is -2.86. The van der Waals surface area contributed by atoms with Gasteiger partial charge < -0.3 is 10.6 Å². The highest BCUT2D eigenvalue weighted by atomic mass is 35.5. The van der Waals surface area contributed by atoms with Gasteiger partial charge in [-0.25, -0.2) is 9.78 Å². The van der Waals surface area contributed by atoms with E-state index in [4.69, 9.17) is 0 Å². The number of aromatic nitrogens is 2. The number of carbonyl (C=O) groups excluding carboxylic acids is 1. The van der Waals surface area contributed by atoms with Crippen LogP contribution in [0.15, 0.2) is 48.9 Å². The molecule has 2 aromatic heterocycles. The van der Waals surface area contributed by atoms with Crippen LogP contribution in [0.25, 0.3) is 10.8 Å². The van der Waals surface area contributed by atoms with E-state index in [0.29, 0.717) is 12.4 Å². The van der Waals surface area contributed by atoms with Crippen molar-refractivity contribution < 1.29 is 4.79 Å². The number of benzene rings is 1. The van der Waals surface area contributed by atoms with Crippen molar-refractivity contribution in [1.29, 1.82) is 0 Å². The van der Waals surface area contributed by atoms with E-state index in [1.165, 1.54) is 5.56 Å². The Kier molecular flexibility index (Phi) is 6.74. The van der Waals surface area contributed by atoms with Gasteiger partial charge in [-0.05, 0) is 60.7 Å². The summed E-state index contributed by atoms with van der Waals surface area (Å²) in [7, 11) is 0. The molecule has 0 spiro atoms. The van der Waals surface area contributed by atoms with Crippen molar-refractivity contribution >= 4 is 40.7 Å². The molecule has 0 saturated carbocycles. The summed E-state index contributed by atoms with van der Waals surface area (Å²) >= 11 is 0. The average molecular weight is 372 g/mol. The van der Waals surface area contributed by atoms with Crippen LogP contribution in [0, 0.1) is 6.92 Å². The molecule has 3 N–H and O–H groups in total. The molecule has 2 amide bonds. The first kappa shape index (κ1) is 19.5. The molecule has 26 heavy (non-hydrogen) atoms. The van der Waals surface area contributed by atoms with Gasteiger partial charge in [-0.15, -0.1) is 12.4 Å². The van der Waals surface area contributed by atoms with E-state index in [1.54, 1.807) is 18.6 Å². The lowest BCUT2D eigenvalue weighted by Gasteiger charge is -2.11. The molecule has 7 heteroatoms. The van der Waals surface area contributed by atoms with Crippen molar-refractivity contribution in [2.45, 2.75) is 20.4 Å². The Morgan fingerprint density at radius 1 is 1.15 bits per heavy atom. The maximum atomic E-state index is 11.7. The highest BCUT2D eigenvalue weighted by molar-refractivity contribution is 5.94. The molecule has 0 aliphatic carbocycles. The van der Waals surface area contributed by atoms with Gasteiger partial charge in [-0.2, -0.15) is 0 Å². The van der Waals surface area contributed by atoms with Gasteiger partial charge in [0.05, 0.1) is 0 Å². The van der Waals surface area contributed by atoms with Gasteiger partial charge in [0.2, 0.25) is 0 Å². The summed E-state index contributed by atoms with van der Waals surface area (Å²) in [5.41, 5.74) is 3.32. The Balaban J connectivity index is 0.00000243. The van der Waals surface area contributed by atoms with Crippen molar-refractivity contribution in [3.8, 4) is 0 Å². The van der Waals surface area contributed by atoms with Crippen molar-refractivity contribution in [2.75, 3.05) is 17.2 Å². The van der Waals surface area contributed by atoms with Crippen LogP contribution in [0.1, 0.15) is 18.1 Å². The number of fused-ring (bicyclic) bond motifs is 1. The van der Waals surface area contributed by atoms with Gasteiger partial charge in [-0.1, -0.05) is 0 Å². The zero-order valence-electron chi connectivity index (χ0n) is 14.7. The molecule has 0 atom stereocenters. The van der Waals surface area contributed by atoms with E-state index in [2.05, 4.69) is 45.0 Å². The summed E-state index contributed by atoms with van der Waals surface area (Å²) in [4.78, 5) is 20.0. The minimum absolute atomic E-state index is 0. The smallest absolute Gasteiger partial charge is 0.320 e. The summed E-state index contributed by atoms with van der Waals surface area (Å²) in [6.45, 7) is 5.22. The van der Waals surface area contributed by atoms with Crippen LogP contribution >= 0.6 is 12.4 Å². The number of urea groups is 1. The number of hydrogen-bond donors (Lipinski definition) is 3. The van der Waals surface area contributed by atoms with Crippen LogP contribution < -0.4 is 16.0 Å². The summed E-state index contributed by atoms with van der Waals surface area (Å²) in [5, 5.41) is 11.0. The van der Waals surface area contributed by atoms with E-state index in [0.717, 1.165) is 28.6 Å². The zero-order valence-corrected chi connectivity index (χ0v) is 15.6. The third kappa shape index (κ3) is 4.83. The van der Waals surface area contributed by atoms with Gasteiger partial charge in [0.25, 0.3) is 0 Å². The molecule has 0 unspecified atom stereocenters. The lowest BCUT2D eigenvalue weighted by atomic mass is 10.1. The zero-order chi connectivity index (χ0) is 17.6. The molecular formula is C19H22ClN5O. The van der Waals surface area contributed by atoms with Gasteiger partial charge >= 0.3 is 6.03 Å². The molecule has 0 aliphatic heterocycles. The predicted octanol–water partition coefficient (Wildman–Crippen LogP) is 4.11. The van der Waals surface area contributed by atoms with E-state index in [9.17, 15) is 4.79 Å². The topological polar surface area (TPSA) is 78.9 Å². The van der Waals surface area contributed by atoms with Crippen LogP contribution in [0.4, 0.5) is 16.3 Å². The molecule has 136 valence electrons. The molecule has 1 aromatic carbocycles. The predicted molar refractivity (Wildman–Crippen MR) is 108 cm³/mol. The quantitative estimate of drug-likeness (QED) is 0.630. The van der Waals surface area contributed by atoms with Crippen LogP contribution in [-0.2, 0) is 6.54 Å². The number of rotatable bonds is 5. The first-order valence-corrected chi connectivity index (χ1v) is 8.23. The normalized spacial score (nSPS) is 10.1. The molecule has 0 radical (unpaired) electrons. The van der Waals surface area contributed by atoms with Crippen molar-refractivity contribution in [3.05, 3.63) is 60.0 Å². The fraction of sp³-hybridized carbons (Fsp3) is 0.211. The maximum Gasteiger partial charge on any atom is 0.320 e. The Labute approximate surface area is 158 Å². The SMILES string of the molecule is CCNC(=O)Nc1cc2cc(NCc3ccncc3)cc(C)c2cn1.Cl. The van der Waals surface area contributed by atoms with Crippen LogP contribution in [0.2, 0.25) is 0 Å². The average Bonchev–Trinajstić information content (AvgIpc) is 2.61. The molecule has 3 aromatic rings. The van der Waals surface area contributed by atoms with Crippen molar-refractivity contribution in [1.82, 2.24) is 15.3 Å². The van der Waals surface area contributed by atoms with Gasteiger partial charge in [0, 0.05) is 42.8 Å². The number of nitrogens with zero attached hydrogens (tertiary/aromatic N) is 2. The number of halogens is 1. The molecule has 0 saturated heterocycles. The minimum atomic E-state index is -0.252. The number of carbonyl (C=O) groups is 1. The molecule has 0 fully saturated rings. The minimum Gasteiger partial charge on any atom is -0.381 e. The third-order valence-corrected chi connectivity index (χ3v) is 3.87. The van der Waals surface area contributed by atoms with E-state index in [-0.39, 0.29) is 18.4 Å². The number of nitrogens with one attached hydrogen (secondary N) is 3. The Morgan fingerprint density at radius 3 is 2.65 bits per heavy atom. The molecule has 0 aliphatic rings. The Morgan fingerprint density at radius 2 is 1.92 bits per heavy atom. The maximum absolute atomic E-state index is 11.7. The van der Waals surface area contributed by atoms with Crippen LogP contribution in [0.3, 0.4) is 0 Å². The highest BCUT2D eigenvalue weighted by Crippen LogP contribution is 2.25. The largest absolute Gasteiger partial charge is 0.381 e. The highest BCUT2D eigenvalue weighted by Gasteiger charge is 2.06.